The minimum Gasteiger partial charge on any atom is -0.0773 e. The standard InChI is InChI=1S/C11H16BrP/c1-3-4-9-13(2)11-8-6-5-7-10(11)12/h5-8H,3-4,9H2,1-2H3/t13-/m1/s1. The summed E-state index contributed by atoms with van der Waals surface area (Å²) in [4.78, 5) is 0. The molecular formula is C11H16BrP. The van der Waals surface area contributed by atoms with Crippen molar-refractivity contribution in [2.75, 3.05) is 12.8 Å². The zero-order valence-electron chi connectivity index (χ0n) is 8.26. The van der Waals surface area contributed by atoms with Gasteiger partial charge in [0.2, 0.25) is 0 Å². The number of halogens is 1. The van der Waals surface area contributed by atoms with Gasteiger partial charge < -0.3 is 0 Å². The molecule has 0 amide bonds. The van der Waals surface area contributed by atoms with E-state index in [-0.39, 0.29) is 7.92 Å². The Balaban J connectivity index is 2.65. The molecule has 2 heteroatoms. The fraction of sp³-hybridized carbons (Fsp3) is 0.455. The molecule has 0 unspecified atom stereocenters. The molecule has 0 nitrogen and oxygen atoms in total. The summed E-state index contributed by atoms with van der Waals surface area (Å²) in [6.07, 6.45) is 4.01. The second-order valence-electron chi connectivity index (χ2n) is 3.23. The van der Waals surface area contributed by atoms with Gasteiger partial charge in [-0.3, -0.25) is 0 Å². The second-order valence-corrected chi connectivity index (χ2v) is 6.41. The van der Waals surface area contributed by atoms with Gasteiger partial charge in [-0.25, -0.2) is 0 Å². The minimum atomic E-state index is 0.0507. The lowest BCUT2D eigenvalue weighted by Crippen LogP contribution is -2.03. The number of hydrogen-bond donors (Lipinski definition) is 0. The van der Waals surface area contributed by atoms with Crippen LogP contribution in [0.1, 0.15) is 19.8 Å². The van der Waals surface area contributed by atoms with E-state index in [1.165, 1.54) is 28.8 Å². The fourth-order valence-electron chi connectivity index (χ4n) is 1.28. The van der Waals surface area contributed by atoms with Gasteiger partial charge in [-0.15, -0.1) is 0 Å². The van der Waals surface area contributed by atoms with Crippen molar-refractivity contribution < 1.29 is 0 Å². The lowest BCUT2D eigenvalue weighted by atomic mass is 10.4. The van der Waals surface area contributed by atoms with E-state index in [0.717, 1.165) is 0 Å². The van der Waals surface area contributed by atoms with Gasteiger partial charge in [0.05, 0.1) is 0 Å². The minimum absolute atomic E-state index is 0.0507. The predicted molar refractivity (Wildman–Crippen MR) is 66.4 cm³/mol. The van der Waals surface area contributed by atoms with Gasteiger partial charge in [-0.05, 0) is 30.6 Å². The third-order valence-corrected chi connectivity index (χ3v) is 5.31. The van der Waals surface area contributed by atoms with E-state index in [1.54, 1.807) is 0 Å². The van der Waals surface area contributed by atoms with E-state index >= 15 is 0 Å². The van der Waals surface area contributed by atoms with Gasteiger partial charge >= 0.3 is 0 Å². The topological polar surface area (TPSA) is 0 Å². The molecule has 0 fully saturated rings. The van der Waals surface area contributed by atoms with Gasteiger partial charge in [0.25, 0.3) is 0 Å². The maximum absolute atomic E-state index is 3.60. The average Bonchev–Trinajstić information content (AvgIpc) is 2.15. The molecule has 0 bridgehead atoms. The van der Waals surface area contributed by atoms with Crippen LogP contribution in [0.3, 0.4) is 0 Å². The van der Waals surface area contributed by atoms with Crippen LogP contribution in [0.5, 0.6) is 0 Å². The summed E-state index contributed by atoms with van der Waals surface area (Å²) in [5.74, 6) is 0. The maximum Gasteiger partial charge on any atom is 0.0252 e. The van der Waals surface area contributed by atoms with Crippen LogP contribution in [0.4, 0.5) is 0 Å². The molecule has 1 rings (SSSR count). The first kappa shape index (κ1) is 11.2. The van der Waals surface area contributed by atoms with Crippen LogP contribution in [0.25, 0.3) is 0 Å². The van der Waals surface area contributed by atoms with Gasteiger partial charge in [-0.1, -0.05) is 55.4 Å². The van der Waals surface area contributed by atoms with Crippen molar-refractivity contribution in [1.29, 1.82) is 0 Å². The van der Waals surface area contributed by atoms with Crippen molar-refractivity contribution in [2.45, 2.75) is 19.8 Å². The molecule has 0 aliphatic carbocycles. The molecule has 0 N–H and O–H groups in total. The van der Waals surface area contributed by atoms with Gasteiger partial charge in [0.15, 0.2) is 0 Å². The number of benzene rings is 1. The highest BCUT2D eigenvalue weighted by molar-refractivity contribution is 9.10. The molecule has 0 radical (unpaired) electrons. The first-order valence-corrected chi connectivity index (χ1v) is 7.48. The molecule has 0 aliphatic heterocycles. The molecule has 0 aromatic heterocycles. The summed E-state index contributed by atoms with van der Waals surface area (Å²) in [5.41, 5.74) is 0. The quantitative estimate of drug-likeness (QED) is 0.717. The van der Waals surface area contributed by atoms with Crippen LogP contribution < -0.4 is 5.30 Å². The zero-order chi connectivity index (χ0) is 9.68. The third-order valence-electron chi connectivity index (χ3n) is 2.11. The van der Waals surface area contributed by atoms with Crippen molar-refractivity contribution in [3.63, 3.8) is 0 Å². The van der Waals surface area contributed by atoms with E-state index in [2.05, 4.69) is 53.8 Å². The van der Waals surface area contributed by atoms with Crippen molar-refractivity contribution >= 4 is 29.2 Å². The number of rotatable bonds is 4. The Bertz CT molecular complexity index is 260. The monoisotopic (exact) mass is 258 g/mol. The fourth-order valence-corrected chi connectivity index (χ4v) is 4.28. The normalized spacial score (nSPS) is 12.8. The summed E-state index contributed by atoms with van der Waals surface area (Å²) in [7, 11) is 0.0507. The first-order chi connectivity index (χ1) is 6.25. The number of hydrogen-bond acceptors (Lipinski definition) is 0. The molecule has 1 aromatic carbocycles. The average molecular weight is 259 g/mol. The smallest absolute Gasteiger partial charge is 0.0252 e. The molecule has 13 heavy (non-hydrogen) atoms. The van der Waals surface area contributed by atoms with E-state index in [0.29, 0.717) is 0 Å². The summed E-state index contributed by atoms with van der Waals surface area (Å²) in [6, 6.07) is 8.59. The van der Waals surface area contributed by atoms with Crippen LogP contribution in [0.15, 0.2) is 28.7 Å². The predicted octanol–water partition coefficient (Wildman–Crippen LogP) is 3.99. The van der Waals surface area contributed by atoms with Crippen LogP contribution in [0.2, 0.25) is 0 Å². The zero-order valence-corrected chi connectivity index (χ0v) is 10.7. The summed E-state index contributed by atoms with van der Waals surface area (Å²) < 4.78 is 1.28. The van der Waals surface area contributed by atoms with E-state index in [4.69, 9.17) is 0 Å². The van der Waals surface area contributed by atoms with Crippen molar-refractivity contribution in [3.8, 4) is 0 Å². The first-order valence-electron chi connectivity index (χ1n) is 4.71. The van der Waals surface area contributed by atoms with Gasteiger partial charge in [0, 0.05) is 4.47 Å². The number of unbranched alkanes of at least 4 members (excludes halogenated alkanes) is 1. The molecule has 0 heterocycles. The van der Waals surface area contributed by atoms with Gasteiger partial charge in [0.1, 0.15) is 0 Å². The Morgan fingerprint density at radius 3 is 2.62 bits per heavy atom. The van der Waals surface area contributed by atoms with Crippen LogP contribution >= 0.6 is 23.9 Å². The lowest BCUT2D eigenvalue weighted by molar-refractivity contribution is 0.893. The second kappa shape index (κ2) is 5.78. The molecule has 1 aromatic rings. The Hall–Kier alpha value is 0.130. The largest absolute Gasteiger partial charge is 0.0773 e. The molecular weight excluding hydrogens is 243 g/mol. The van der Waals surface area contributed by atoms with Crippen molar-refractivity contribution in [3.05, 3.63) is 28.7 Å². The Morgan fingerprint density at radius 1 is 1.31 bits per heavy atom. The SMILES string of the molecule is CCCC[P@@](C)c1ccccc1Br. The maximum atomic E-state index is 3.60. The van der Waals surface area contributed by atoms with E-state index in [9.17, 15) is 0 Å². The Morgan fingerprint density at radius 2 is 2.00 bits per heavy atom. The van der Waals surface area contributed by atoms with Gasteiger partial charge in [-0.2, -0.15) is 0 Å². The summed E-state index contributed by atoms with van der Waals surface area (Å²) in [6.45, 7) is 4.62. The van der Waals surface area contributed by atoms with Crippen LogP contribution in [-0.4, -0.2) is 12.8 Å². The molecule has 0 saturated heterocycles. The molecule has 1 atom stereocenters. The van der Waals surface area contributed by atoms with Crippen molar-refractivity contribution in [2.24, 2.45) is 0 Å². The summed E-state index contributed by atoms with van der Waals surface area (Å²) >= 11 is 3.60. The van der Waals surface area contributed by atoms with E-state index < -0.39 is 0 Å². The highest BCUT2D eigenvalue weighted by atomic mass is 79.9. The lowest BCUT2D eigenvalue weighted by Gasteiger charge is -2.13. The Labute approximate surface area is 90.6 Å². The molecule has 72 valence electrons. The third kappa shape index (κ3) is 3.40. The summed E-state index contributed by atoms with van der Waals surface area (Å²) in [5, 5.41) is 1.51. The van der Waals surface area contributed by atoms with Crippen LogP contribution in [-0.2, 0) is 0 Å². The highest BCUT2D eigenvalue weighted by Gasteiger charge is 2.06. The molecule has 0 aliphatic rings. The molecule has 0 saturated carbocycles. The van der Waals surface area contributed by atoms with E-state index in [1.807, 2.05) is 0 Å². The van der Waals surface area contributed by atoms with Crippen molar-refractivity contribution in [1.82, 2.24) is 0 Å². The molecule has 0 spiro atoms. The highest BCUT2D eigenvalue weighted by Crippen LogP contribution is 2.33. The van der Waals surface area contributed by atoms with Crippen LogP contribution in [0, 0.1) is 0 Å². The Kier molecular flexibility index (Phi) is 4.98.